The van der Waals surface area contributed by atoms with Gasteiger partial charge in [-0.15, -0.1) is 0 Å². The summed E-state index contributed by atoms with van der Waals surface area (Å²) in [5.74, 6) is -0.534. The lowest BCUT2D eigenvalue weighted by Gasteiger charge is -2.24. The van der Waals surface area contributed by atoms with Gasteiger partial charge in [0.15, 0.2) is 0 Å². The van der Waals surface area contributed by atoms with Gasteiger partial charge in [-0.1, -0.05) is 204 Å². The van der Waals surface area contributed by atoms with Crippen LogP contribution < -0.4 is 5.32 Å². The van der Waals surface area contributed by atoms with E-state index in [1.54, 1.807) is 0 Å². The van der Waals surface area contributed by atoms with E-state index in [1.807, 2.05) is 0 Å². The van der Waals surface area contributed by atoms with Crippen molar-refractivity contribution >= 4 is 11.9 Å². The van der Waals surface area contributed by atoms with Crippen LogP contribution in [0.25, 0.3) is 0 Å². The molecule has 0 aliphatic carbocycles. The van der Waals surface area contributed by atoms with E-state index in [2.05, 4.69) is 86.8 Å². The number of rotatable bonds is 41. The summed E-state index contributed by atoms with van der Waals surface area (Å²) in [5, 5.41) is 23.6. The number of hydrogen-bond donors (Lipinski definition) is 3. The molecule has 0 aliphatic heterocycles. The molecule has 0 aromatic heterocycles. The molecule has 0 bridgehead atoms. The molecule has 0 fully saturated rings. The van der Waals surface area contributed by atoms with Crippen LogP contribution in [0.1, 0.15) is 220 Å². The second-order valence-corrected chi connectivity index (χ2v) is 15.8. The highest BCUT2D eigenvalue weighted by Gasteiger charge is 2.24. The van der Waals surface area contributed by atoms with Crippen LogP contribution in [-0.4, -0.2) is 46.9 Å². The Morgan fingerprint density at radius 1 is 0.536 bits per heavy atom. The fraction of sp³-hybridized carbons (Fsp3) is 0.760. The van der Waals surface area contributed by atoms with E-state index in [-0.39, 0.29) is 24.9 Å². The first-order valence-corrected chi connectivity index (χ1v) is 23.5. The van der Waals surface area contributed by atoms with E-state index < -0.39 is 18.2 Å². The van der Waals surface area contributed by atoms with E-state index in [0.717, 1.165) is 83.5 Å². The van der Waals surface area contributed by atoms with Crippen molar-refractivity contribution in [2.75, 3.05) is 6.61 Å². The number of unbranched alkanes of at least 4 members (excludes halogenated alkanes) is 19. The third kappa shape index (κ3) is 38.4. The van der Waals surface area contributed by atoms with Crippen molar-refractivity contribution in [3.8, 4) is 0 Å². The van der Waals surface area contributed by atoms with Crippen LogP contribution in [0.2, 0.25) is 0 Å². The SMILES string of the molecule is CC/C=C\C/C=C\C/C=C\C/C=C\C/C=C\CCCC(CC(=O)NC(CO)C(O)CCCCCCCCCCCCC)OC(=O)CCCCCCCCCCC. The first-order valence-electron chi connectivity index (χ1n) is 23.5. The van der Waals surface area contributed by atoms with E-state index in [1.165, 1.54) is 89.9 Å². The second-order valence-electron chi connectivity index (χ2n) is 15.8. The Labute approximate surface area is 346 Å². The molecule has 0 aromatic rings. The highest BCUT2D eigenvalue weighted by atomic mass is 16.5. The third-order valence-corrected chi connectivity index (χ3v) is 10.4. The van der Waals surface area contributed by atoms with Gasteiger partial charge in [-0.05, 0) is 64.2 Å². The van der Waals surface area contributed by atoms with Crippen molar-refractivity contribution in [1.29, 1.82) is 0 Å². The third-order valence-electron chi connectivity index (χ3n) is 10.4. The maximum atomic E-state index is 13.1. The van der Waals surface area contributed by atoms with E-state index in [4.69, 9.17) is 4.74 Å². The number of allylic oxidation sites excluding steroid dienone is 10. The van der Waals surface area contributed by atoms with Crippen molar-refractivity contribution in [2.45, 2.75) is 238 Å². The van der Waals surface area contributed by atoms with Gasteiger partial charge in [0.05, 0.1) is 25.2 Å². The number of esters is 1. The van der Waals surface area contributed by atoms with Crippen LogP contribution in [0, 0.1) is 0 Å². The quantitative estimate of drug-likeness (QED) is 0.0326. The zero-order chi connectivity index (χ0) is 41.0. The van der Waals surface area contributed by atoms with Gasteiger partial charge in [-0.2, -0.15) is 0 Å². The Bertz CT molecular complexity index is 1010. The van der Waals surface area contributed by atoms with Gasteiger partial charge in [0.2, 0.25) is 5.91 Å². The van der Waals surface area contributed by atoms with Gasteiger partial charge in [-0.25, -0.2) is 0 Å². The Morgan fingerprint density at radius 3 is 1.43 bits per heavy atom. The predicted molar refractivity (Wildman–Crippen MR) is 241 cm³/mol. The normalized spacial score (nSPS) is 13.9. The van der Waals surface area contributed by atoms with Crippen LogP contribution >= 0.6 is 0 Å². The number of carbonyl (C=O) groups excluding carboxylic acids is 2. The Balaban J connectivity index is 4.70. The Morgan fingerprint density at radius 2 is 0.964 bits per heavy atom. The van der Waals surface area contributed by atoms with E-state index in [9.17, 15) is 19.8 Å². The molecule has 6 heteroatoms. The number of aliphatic hydroxyl groups is 2. The molecule has 3 atom stereocenters. The zero-order valence-corrected chi connectivity index (χ0v) is 36.8. The van der Waals surface area contributed by atoms with Crippen LogP contribution in [0.5, 0.6) is 0 Å². The summed E-state index contributed by atoms with van der Waals surface area (Å²) in [6, 6.07) is -0.717. The summed E-state index contributed by atoms with van der Waals surface area (Å²) < 4.78 is 5.87. The Kier molecular flexibility index (Phi) is 41.8. The summed E-state index contributed by atoms with van der Waals surface area (Å²) in [6.45, 7) is 6.31. The average molecular weight is 784 g/mol. The average Bonchev–Trinajstić information content (AvgIpc) is 3.19. The molecular formula is C50H89NO5. The molecule has 0 rings (SSSR count). The van der Waals surface area contributed by atoms with E-state index >= 15 is 0 Å². The zero-order valence-electron chi connectivity index (χ0n) is 36.8. The molecule has 0 saturated carbocycles. The second kappa shape index (κ2) is 43.7. The number of ether oxygens (including phenoxy) is 1. The lowest BCUT2D eigenvalue weighted by atomic mass is 10.0. The molecule has 1 amide bonds. The molecule has 56 heavy (non-hydrogen) atoms. The summed E-state index contributed by atoms with van der Waals surface area (Å²) in [7, 11) is 0. The summed E-state index contributed by atoms with van der Waals surface area (Å²) in [5.41, 5.74) is 0. The molecular weight excluding hydrogens is 695 g/mol. The summed E-state index contributed by atoms with van der Waals surface area (Å²) in [4.78, 5) is 25.9. The molecule has 3 N–H and O–H groups in total. The molecule has 0 aliphatic rings. The van der Waals surface area contributed by atoms with Crippen molar-refractivity contribution in [3.63, 3.8) is 0 Å². The number of hydrogen-bond acceptors (Lipinski definition) is 5. The first kappa shape index (κ1) is 53.6. The van der Waals surface area contributed by atoms with Gasteiger partial charge in [0.25, 0.3) is 0 Å². The standard InChI is InChI=1S/C50H89NO5/c1-4-7-10-13-16-19-21-22-23-24-25-26-28-30-32-35-38-41-46(56-50(55)43-40-37-34-29-18-15-12-9-6-3)44-49(54)51-47(45-52)48(53)42-39-36-33-31-27-20-17-14-11-8-5-2/h7,10,16,19,22-23,25-26,30,32,46-48,52-53H,4-6,8-9,11-15,17-18,20-21,24,27-29,31,33-45H2,1-3H3,(H,51,54)/b10-7-,19-16-,23-22-,26-25-,32-30-. The summed E-state index contributed by atoms with van der Waals surface area (Å²) in [6.07, 6.45) is 52.8. The lowest BCUT2D eigenvalue weighted by molar-refractivity contribution is -0.151. The van der Waals surface area contributed by atoms with Gasteiger partial charge < -0.3 is 20.3 Å². The highest BCUT2D eigenvalue weighted by molar-refractivity contribution is 5.77. The Hall–Kier alpha value is -2.44. The maximum absolute atomic E-state index is 13.1. The highest BCUT2D eigenvalue weighted by Crippen LogP contribution is 2.16. The minimum Gasteiger partial charge on any atom is -0.462 e. The van der Waals surface area contributed by atoms with Crippen LogP contribution in [-0.2, 0) is 14.3 Å². The number of amides is 1. The largest absolute Gasteiger partial charge is 0.462 e. The number of aliphatic hydroxyl groups excluding tert-OH is 2. The van der Waals surface area contributed by atoms with Crippen molar-refractivity contribution < 1.29 is 24.5 Å². The minimum absolute atomic E-state index is 0.0385. The van der Waals surface area contributed by atoms with Crippen molar-refractivity contribution in [2.24, 2.45) is 0 Å². The van der Waals surface area contributed by atoms with Gasteiger partial charge >= 0.3 is 5.97 Å². The topological polar surface area (TPSA) is 95.9 Å². The number of carbonyl (C=O) groups is 2. The van der Waals surface area contributed by atoms with Gasteiger partial charge in [0.1, 0.15) is 6.10 Å². The van der Waals surface area contributed by atoms with Crippen molar-refractivity contribution in [3.05, 3.63) is 60.8 Å². The molecule has 0 heterocycles. The predicted octanol–water partition coefficient (Wildman–Crippen LogP) is 13.7. The fourth-order valence-corrected chi connectivity index (χ4v) is 6.81. The number of nitrogens with one attached hydrogen (secondary N) is 1. The molecule has 0 saturated heterocycles. The monoisotopic (exact) mass is 784 g/mol. The molecule has 0 spiro atoms. The smallest absolute Gasteiger partial charge is 0.306 e. The molecule has 0 radical (unpaired) electrons. The maximum Gasteiger partial charge on any atom is 0.306 e. The molecule has 324 valence electrons. The molecule has 0 aromatic carbocycles. The van der Waals surface area contributed by atoms with Gasteiger partial charge in [-0.3, -0.25) is 9.59 Å². The van der Waals surface area contributed by atoms with Gasteiger partial charge in [0, 0.05) is 6.42 Å². The van der Waals surface area contributed by atoms with E-state index in [0.29, 0.717) is 19.3 Å². The van der Waals surface area contributed by atoms with Crippen molar-refractivity contribution in [1.82, 2.24) is 5.32 Å². The molecule has 3 unspecified atom stereocenters. The fourth-order valence-electron chi connectivity index (χ4n) is 6.81. The van der Waals surface area contributed by atoms with Crippen LogP contribution in [0.3, 0.4) is 0 Å². The summed E-state index contributed by atoms with van der Waals surface area (Å²) >= 11 is 0. The first-order chi connectivity index (χ1) is 27.5. The van der Waals surface area contributed by atoms with Crippen LogP contribution in [0.4, 0.5) is 0 Å². The lowest BCUT2D eigenvalue weighted by Crippen LogP contribution is -2.46. The molecule has 6 nitrogen and oxygen atoms in total. The van der Waals surface area contributed by atoms with Crippen LogP contribution in [0.15, 0.2) is 60.8 Å². The minimum atomic E-state index is -0.800.